The van der Waals surface area contributed by atoms with Crippen LogP contribution in [0.2, 0.25) is 0 Å². The van der Waals surface area contributed by atoms with Crippen LogP contribution in [0.5, 0.6) is 0 Å². The second-order valence-corrected chi connectivity index (χ2v) is 4.53. The van der Waals surface area contributed by atoms with E-state index >= 15 is 0 Å². The first-order valence-corrected chi connectivity index (χ1v) is 6.59. The van der Waals surface area contributed by atoms with Gasteiger partial charge in [-0.05, 0) is 23.6 Å². The topological polar surface area (TPSA) is 40.5 Å². The maximum absolute atomic E-state index is 12.3. The number of hydrogen-bond acceptors (Lipinski definition) is 2. The normalized spacial score (nSPS) is 11.9. The molecule has 0 aromatic heterocycles. The summed E-state index contributed by atoms with van der Waals surface area (Å²) in [5.74, 6) is -0.777. The molecule has 3 nitrogen and oxygen atoms in total. The van der Waals surface area contributed by atoms with Crippen molar-refractivity contribution >= 4 is 12.0 Å². The predicted molar refractivity (Wildman–Crippen MR) is 74.6 cm³/mol. The highest BCUT2D eigenvalue weighted by atomic mass is 19.4. The maximum Gasteiger partial charge on any atom is 0.406 e. The van der Waals surface area contributed by atoms with E-state index in [1.807, 2.05) is 19.1 Å². The molecule has 0 atom stereocenters. The molecule has 1 aromatic carbocycles. The van der Waals surface area contributed by atoms with E-state index in [2.05, 4.69) is 0 Å². The highest BCUT2D eigenvalue weighted by Gasteiger charge is 2.32. The molecular formula is C15H18F3NO2. The van der Waals surface area contributed by atoms with E-state index in [1.165, 1.54) is 6.08 Å². The molecule has 0 spiro atoms. The van der Waals surface area contributed by atoms with E-state index in [1.54, 1.807) is 12.1 Å². The summed E-state index contributed by atoms with van der Waals surface area (Å²) in [6.07, 6.45) is -1.05. The van der Waals surface area contributed by atoms with E-state index in [-0.39, 0.29) is 6.54 Å². The first-order chi connectivity index (χ1) is 9.85. The van der Waals surface area contributed by atoms with Crippen LogP contribution >= 0.6 is 0 Å². The Morgan fingerprint density at radius 2 is 1.90 bits per heavy atom. The van der Waals surface area contributed by atoms with E-state index in [0.717, 1.165) is 23.6 Å². The zero-order valence-corrected chi connectivity index (χ0v) is 11.7. The largest absolute Gasteiger partial charge is 0.406 e. The molecule has 0 saturated carbocycles. The predicted octanol–water partition coefficient (Wildman–Crippen LogP) is 2.65. The molecule has 0 heterocycles. The Bertz CT molecular complexity index is 481. The number of aliphatic hydroxyl groups excluding tert-OH is 1. The summed E-state index contributed by atoms with van der Waals surface area (Å²) in [6.45, 7) is -0.220. The average Bonchev–Trinajstić information content (AvgIpc) is 2.43. The molecule has 1 N–H and O–H groups in total. The Hall–Kier alpha value is -1.82. The van der Waals surface area contributed by atoms with Crippen LogP contribution in [0.4, 0.5) is 13.2 Å². The Balaban J connectivity index is 2.72. The van der Waals surface area contributed by atoms with Crippen LogP contribution in [-0.4, -0.2) is 41.8 Å². The second kappa shape index (κ2) is 7.83. The standard InChI is InChI=1S/C15H18F3NO2/c1-2-12-3-5-13(6-4-12)7-8-14(21)19(9-10-20)11-15(16,17)18/h3-8,20H,2,9-11H2,1H3/b8-7+. The number of aryl methyl sites for hydroxylation is 1. The van der Waals surface area contributed by atoms with Gasteiger partial charge in [-0.3, -0.25) is 4.79 Å². The number of amides is 1. The number of nitrogens with zero attached hydrogens (tertiary/aromatic N) is 1. The lowest BCUT2D eigenvalue weighted by molar-refractivity contribution is -0.158. The third kappa shape index (κ3) is 6.44. The number of aliphatic hydroxyl groups is 1. The van der Waals surface area contributed by atoms with Crippen LogP contribution < -0.4 is 0 Å². The third-order valence-electron chi connectivity index (χ3n) is 2.86. The summed E-state index contributed by atoms with van der Waals surface area (Å²) < 4.78 is 37.0. The number of rotatable bonds is 6. The zero-order chi connectivity index (χ0) is 15.9. The number of carbonyl (C=O) groups is 1. The zero-order valence-electron chi connectivity index (χ0n) is 11.7. The van der Waals surface area contributed by atoms with Crippen LogP contribution in [0, 0.1) is 0 Å². The van der Waals surface area contributed by atoms with Crippen molar-refractivity contribution in [2.75, 3.05) is 19.7 Å². The van der Waals surface area contributed by atoms with Gasteiger partial charge in [-0.2, -0.15) is 13.2 Å². The van der Waals surface area contributed by atoms with Crippen molar-refractivity contribution in [1.29, 1.82) is 0 Å². The van der Waals surface area contributed by atoms with Crippen molar-refractivity contribution in [3.63, 3.8) is 0 Å². The molecule has 116 valence electrons. The van der Waals surface area contributed by atoms with Crippen molar-refractivity contribution < 1.29 is 23.1 Å². The van der Waals surface area contributed by atoms with Crippen LogP contribution in [0.25, 0.3) is 6.08 Å². The lowest BCUT2D eigenvalue weighted by atomic mass is 10.1. The van der Waals surface area contributed by atoms with Gasteiger partial charge in [-0.15, -0.1) is 0 Å². The van der Waals surface area contributed by atoms with Gasteiger partial charge in [0.05, 0.1) is 6.61 Å². The molecule has 0 saturated heterocycles. The van der Waals surface area contributed by atoms with Gasteiger partial charge in [0, 0.05) is 12.6 Å². The molecule has 6 heteroatoms. The van der Waals surface area contributed by atoms with Gasteiger partial charge in [0.25, 0.3) is 0 Å². The summed E-state index contributed by atoms with van der Waals surface area (Å²) in [6, 6.07) is 7.38. The van der Waals surface area contributed by atoms with Gasteiger partial charge in [-0.25, -0.2) is 0 Å². The van der Waals surface area contributed by atoms with Crippen LogP contribution in [-0.2, 0) is 11.2 Å². The molecule has 1 rings (SSSR count). The van der Waals surface area contributed by atoms with Gasteiger partial charge in [-0.1, -0.05) is 31.2 Å². The fourth-order valence-corrected chi connectivity index (χ4v) is 1.74. The summed E-state index contributed by atoms with van der Waals surface area (Å²) in [4.78, 5) is 12.3. The highest BCUT2D eigenvalue weighted by Crippen LogP contribution is 2.16. The number of halogens is 3. The minimum absolute atomic E-state index is 0.350. The fourth-order valence-electron chi connectivity index (χ4n) is 1.74. The molecule has 21 heavy (non-hydrogen) atoms. The molecule has 0 bridgehead atoms. The highest BCUT2D eigenvalue weighted by molar-refractivity contribution is 5.91. The van der Waals surface area contributed by atoms with Gasteiger partial charge >= 0.3 is 6.18 Å². The Kier molecular flexibility index (Phi) is 6.42. The molecule has 0 aliphatic rings. The Morgan fingerprint density at radius 3 is 2.38 bits per heavy atom. The SMILES string of the molecule is CCc1ccc(/C=C/C(=O)N(CCO)CC(F)(F)F)cc1. The summed E-state index contributed by atoms with van der Waals surface area (Å²) in [7, 11) is 0. The van der Waals surface area contributed by atoms with E-state index in [0.29, 0.717) is 4.90 Å². The lowest BCUT2D eigenvalue weighted by Crippen LogP contribution is -2.39. The number of alkyl halides is 3. The van der Waals surface area contributed by atoms with Crippen molar-refractivity contribution in [3.8, 4) is 0 Å². The van der Waals surface area contributed by atoms with E-state index < -0.39 is 25.2 Å². The van der Waals surface area contributed by atoms with Crippen molar-refractivity contribution in [1.82, 2.24) is 4.90 Å². The average molecular weight is 301 g/mol. The quantitative estimate of drug-likeness (QED) is 0.821. The van der Waals surface area contributed by atoms with Gasteiger partial charge in [0.15, 0.2) is 0 Å². The lowest BCUT2D eigenvalue weighted by Gasteiger charge is -2.21. The second-order valence-electron chi connectivity index (χ2n) is 4.53. The van der Waals surface area contributed by atoms with Crippen LogP contribution in [0.15, 0.2) is 30.3 Å². The summed E-state index contributed by atoms with van der Waals surface area (Å²) in [5.41, 5.74) is 1.87. The van der Waals surface area contributed by atoms with Gasteiger partial charge in [0.2, 0.25) is 5.91 Å². The maximum atomic E-state index is 12.3. The van der Waals surface area contributed by atoms with Crippen molar-refractivity contribution in [2.45, 2.75) is 19.5 Å². The number of benzene rings is 1. The first kappa shape index (κ1) is 17.2. The minimum Gasteiger partial charge on any atom is -0.395 e. The van der Waals surface area contributed by atoms with E-state index in [9.17, 15) is 18.0 Å². The fraction of sp³-hybridized carbons (Fsp3) is 0.400. The smallest absolute Gasteiger partial charge is 0.395 e. The molecule has 0 unspecified atom stereocenters. The number of carbonyl (C=O) groups excluding carboxylic acids is 1. The van der Waals surface area contributed by atoms with Crippen molar-refractivity contribution in [3.05, 3.63) is 41.5 Å². The van der Waals surface area contributed by atoms with Crippen molar-refractivity contribution in [2.24, 2.45) is 0 Å². The molecule has 1 amide bonds. The Morgan fingerprint density at radius 1 is 1.29 bits per heavy atom. The first-order valence-electron chi connectivity index (χ1n) is 6.59. The number of hydrogen-bond donors (Lipinski definition) is 1. The van der Waals surface area contributed by atoms with Gasteiger partial charge in [0.1, 0.15) is 6.54 Å². The monoisotopic (exact) mass is 301 g/mol. The Labute approximate surface area is 121 Å². The molecule has 0 aliphatic heterocycles. The molecule has 1 aromatic rings. The molecule has 0 aliphatic carbocycles. The summed E-state index contributed by atoms with van der Waals surface area (Å²) in [5, 5.41) is 8.74. The third-order valence-corrected chi connectivity index (χ3v) is 2.86. The molecule has 0 radical (unpaired) electrons. The van der Waals surface area contributed by atoms with E-state index in [4.69, 9.17) is 5.11 Å². The molecular weight excluding hydrogens is 283 g/mol. The van der Waals surface area contributed by atoms with Crippen LogP contribution in [0.1, 0.15) is 18.1 Å². The summed E-state index contributed by atoms with van der Waals surface area (Å²) >= 11 is 0. The molecule has 0 fully saturated rings. The minimum atomic E-state index is -4.48. The van der Waals surface area contributed by atoms with Gasteiger partial charge < -0.3 is 10.0 Å². The van der Waals surface area contributed by atoms with Crippen LogP contribution in [0.3, 0.4) is 0 Å².